The Hall–Kier alpha value is -2.04. The average Bonchev–Trinajstić information content (AvgIpc) is 2.38. The highest BCUT2D eigenvalue weighted by molar-refractivity contribution is 5.84. The SMILES string of the molecule is COc1cc(C)ccc1CC(=O)N(C)C(C)C(=O)O. The van der Waals surface area contributed by atoms with Gasteiger partial charge >= 0.3 is 5.97 Å². The van der Waals surface area contributed by atoms with Crippen molar-refractivity contribution in [3.8, 4) is 5.75 Å². The van der Waals surface area contributed by atoms with Crippen LogP contribution < -0.4 is 4.74 Å². The van der Waals surface area contributed by atoms with E-state index in [1.165, 1.54) is 18.9 Å². The summed E-state index contributed by atoms with van der Waals surface area (Å²) in [6, 6.07) is 4.73. The molecule has 0 spiro atoms. The minimum atomic E-state index is -1.02. The maximum absolute atomic E-state index is 12.0. The normalized spacial score (nSPS) is 11.8. The fraction of sp³-hybridized carbons (Fsp3) is 0.429. The van der Waals surface area contributed by atoms with Gasteiger partial charge in [0.2, 0.25) is 5.91 Å². The molecular formula is C14H19NO4. The molecule has 1 aromatic rings. The third kappa shape index (κ3) is 3.71. The molecule has 1 aromatic carbocycles. The number of nitrogens with zero attached hydrogens (tertiary/aromatic N) is 1. The predicted octanol–water partition coefficient (Wildman–Crippen LogP) is 1.48. The van der Waals surface area contributed by atoms with E-state index in [1.54, 1.807) is 7.11 Å². The second-order valence-corrected chi connectivity index (χ2v) is 4.51. The topological polar surface area (TPSA) is 66.8 Å². The number of likely N-dealkylation sites (N-methyl/N-ethyl adjacent to an activating group) is 1. The molecular weight excluding hydrogens is 246 g/mol. The fourth-order valence-corrected chi connectivity index (χ4v) is 1.67. The molecule has 5 heteroatoms. The maximum Gasteiger partial charge on any atom is 0.326 e. The number of methoxy groups -OCH3 is 1. The lowest BCUT2D eigenvalue weighted by Gasteiger charge is -2.22. The number of benzene rings is 1. The molecule has 1 amide bonds. The molecule has 0 radical (unpaired) electrons. The Balaban J connectivity index is 2.85. The standard InChI is InChI=1S/C14H19NO4/c1-9-5-6-11(12(7-9)19-4)8-13(16)15(3)10(2)14(17)18/h5-7,10H,8H2,1-4H3,(H,17,18). The molecule has 1 unspecified atom stereocenters. The Morgan fingerprint density at radius 1 is 1.42 bits per heavy atom. The van der Waals surface area contributed by atoms with E-state index in [4.69, 9.17) is 9.84 Å². The van der Waals surface area contributed by atoms with Crippen LogP contribution in [0, 0.1) is 6.92 Å². The first-order chi connectivity index (χ1) is 8.86. The van der Waals surface area contributed by atoms with E-state index in [-0.39, 0.29) is 12.3 Å². The number of amides is 1. The van der Waals surface area contributed by atoms with Crippen LogP contribution in [0.2, 0.25) is 0 Å². The zero-order valence-corrected chi connectivity index (χ0v) is 11.6. The summed E-state index contributed by atoms with van der Waals surface area (Å²) in [4.78, 5) is 24.1. The van der Waals surface area contributed by atoms with Crippen LogP contribution in [0.5, 0.6) is 5.75 Å². The lowest BCUT2D eigenvalue weighted by molar-refractivity contribution is -0.148. The third-order valence-corrected chi connectivity index (χ3v) is 3.12. The van der Waals surface area contributed by atoms with Gasteiger partial charge in [0.25, 0.3) is 0 Å². The molecule has 1 atom stereocenters. The minimum absolute atomic E-state index is 0.123. The van der Waals surface area contributed by atoms with Gasteiger partial charge in [-0.15, -0.1) is 0 Å². The molecule has 0 bridgehead atoms. The quantitative estimate of drug-likeness (QED) is 0.875. The summed E-state index contributed by atoms with van der Waals surface area (Å²) in [6.07, 6.45) is 0.123. The Kier molecular flexibility index (Phi) is 4.92. The first-order valence-electron chi connectivity index (χ1n) is 5.98. The highest BCUT2D eigenvalue weighted by Crippen LogP contribution is 2.21. The summed E-state index contributed by atoms with van der Waals surface area (Å²) in [7, 11) is 3.04. The average molecular weight is 265 g/mol. The lowest BCUT2D eigenvalue weighted by Crippen LogP contribution is -2.41. The Labute approximate surface area is 112 Å². The smallest absolute Gasteiger partial charge is 0.326 e. The number of carbonyl (C=O) groups excluding carboxylic acids is 1. The predicted molar refractivity (Wildman–Crippen MR) is 71.3 cm³/mol. The van der Waals surface area contributed by atoms with Gasteiger partial charge in [0.15, 0.2) is 0 Å². The van der Waals surface area contributed by atoms with Gasteiger partial charge in [-0.1, -0.05) is 12.1 Å². The van der Waals surface area contributed by atoms with Crippen molar-refractivity contribution in [2.75, 3.05) is 14.2 Å². The highest BCUT2D eigenvalue weighted by atomic mass is 16.5. The van der Waals surface area contributed by atoms with Crippen LogP contribution in [0.4, 0.5) is 0 Å². The lowest BCUT2D eigenvalue weighted by atomic mass is 10.1. The summed E-state index contributed by atoms with van der Waals surface area (Å²) in [5, 5.41) is 8.89. The monoisotopic (exact) mass is 265 g/mol. The van der Waals surface area contributed by atoms with Crippen LogP contribution in [0.1, 0.15) is 18.1 Å². The largest absolute Gasteiger partial charge is 0.496 e. The minimum Gasteiger partial charge on any atom is -0.496 e. The van der Waals surface area contributed by atoms with Crippen LogP contribution in [0.25, 0.3) is 0 Å². The number of ether oxygens (including phenoxy) is 1. The van der Waals surface area contributed by atoms with Gasteiger partial charge in [0.1, 0.15) is 11.8 Å². The molecule has 5 nitrogen and oxygen atoms in total. The van der Waals surface area contributed by atoms with Crippen LogP contribution in [-0.2, 0) is 16.0 Å². The molecule has 19 heavy (non-hydrogen) atoms. The van der Waals surface area contributed by atoms with Crippen molar-refractivity contribution in [3.63, 3.8) is 0 Å². The van der Waals surface area contributed by atoms with Crippen molar-refractivity contribution in [2.24, 2.45) is 0 Å². The summed E-state index contributed by atoms with van der Waals surface area (Å²) < 4.78 is 5.23. The number of hydrogen-bond donors (Lipinski definition) is 1. The van der Waals surface area contributed by atoms with Crippen molar-refractivity contribution < 1.29 is 19.4 Å². The van der Waals surface area contributed by atoms with Crippen molar-refractivity contribution >= 4 is 11.9 Å². The van der Waals surface area contributed by atoms with Crippen LogP contribution in [-0.4, -0.2) is 42.1 Å². The van der Waals surface area contributed by atoms with Crippen molar-refractivity contribution in [1.82, 2.24) is 4.90 Å². The third-order valence-electron chi connectivity index (χ3n) is 3.12. The number of aliphatic carboxylic acids is 1. The van der Waals surface area contributed by atoms with E-state index in [2.05, 4.69) is 0 Å². The fourth-order valence-electron chi connectivity index (χ4n) is 1.67. The van der Waals surface area contributed by atoms with E-state index < -0.39 is 12.0 Å². The first-order valence-corrected chi connectivity index (χ1v) is 5.98. The molecule has 0 saturated heterocycles. The number of rotatable bonds is 5. The molecule has 0 aromatic heterocycles. The van der Waals surface area contributed by atoms with E-state index in [0.717, 1.165) is 11.1 Å². The summed E-state index contributed by atoms with van der Waals surface area (Å²) in [6.45, 7) is 3.42. The van der Waals surface area contributed by atoms with E-state index in [0.29, 0.717) is 5.75 Å². The van der Waals surface area contributed by atoms with Gasteiger partial charge < -0.3 is 14.7 Å². The Morgan fingerprint density at radius 3 is 2.58 bits per heavy atom. The van der Waals surface area contributed by atoms with Crippen LogP contribution in [0.15, 0.2) is 18.2 Å². The second kappa shape index (κ2) is 6.22. The van der Waals surface area contributed by atoms with E-state index in [1.807, 2.05) is 25.1 Å². The first kappa shape index (κ1) is 15.0. The molecule has 0 aliphatic rings. The van der Waals surface area contributed by atoms with Gasteiger partial charge in [-0.05, 0) is 25.5 Å². The summed E-state index contributed by atoms with van der Waals surface area (Å²) >= 11 is 0. The van der Waals surface area contributed by atoms with Crippen molar-refractivity contribution in [1.29, 1.82) is 0 Å². The van der Waals surface area contributed by atoms with Gasteiger partial charge in [-0.25, -0.2) is 4.79 Å². The zero-order chi connectivity index (χ0) is 14.6. The number of carboxylic acid groups (broad SMARTS) is 1. The summed E-state index contributed by atoms with van der Waals surface area (Å²) in [5.74, 6) is -0.631. The number of aryl methyl sites for hydroxylation is 1. The molecule has 1 rings (SSSR count). The van der Waals surface area contributed by atoms with Crippen molar-refractivity contribution in [2.45, 2.75) is 26.3 Å². The van der Waals surface area contributed by atoms with Gasteiger partial charge in [-0.3, -0.25) is 4.79 Å². The zero-order valence-electron chi connectivity index (χ0n) is 11.6. The van der Waals surface area contributed by atoms with E-state index >= 15 is 0 Å². The van der Waals surface area contributed by atoms with Gasteiger partial charge in [0.05, 0.1) is 13.5 Å². The number of carboxylic acids is 1. The maximum atomic E-state index is 12.0. The second-order valence-electron chi connectivity index (χ2n) is 4.51. The number of carbonyl (C=O) groups is 2. The van der Waals surface area contributed by atoms with Crippen molar-refractivity contribution in [3.05, 3.63) is 29.3 Å². The number of hydrogen-bond acceptors (Lipinski definition) is 3. The van der Waals surface area contributed by atoms with Crippen LogP contribution in [0.3, 0.4) is 0 Å². The molecule has 1 N–H and O–H groups in total. The molecule has 0 heterocycles. The summed E-state index contributed by atoms with van der Waals surface area (Å²) in [5.41, 5.74) is 1.79. The van der Waals surface area contributed by atoms with Gasteiger partial charge in [0, 0.05) is 12.6 Å². The Bertz CT molecular complexity index is 484. The molecule has 0 aliphatic carbocycles. The molecule has 104 valence electrons. The molecule has 0 saturated carbocycles. The van der Waals surface area contributed by atoms with Crippen LogP contribution >= 0.6 is 0 Å². The van der Waals surface area contributed by atoms with E-state index in [9.17, 15) is 9.59 Å². The highest BCUT2D eigenvalue weighted by Gasteiger charge is 2.22. The molecule has 0 aliphatic heterocycles. The Morgan fingerprint density at radius 2 is 2.05 bits per heavy atom. The molecule has 0 fully saturated rings. The van der Waals surface area contributed by atoms with Gasteiger partial charge in [-0.2, -0.15) is 0 Å².